The van der Waals surface area contributed by atoms with Gasteiger partial charge in [0.15, 0.2) is 0 Å². The number of hydrogen-bond donors (Lipinski definition) is 1. The van der Waals surface area contributed by atoms with Crippen LogP contribution in [0.25, 0.3) is 0 Å². The van der Waals surface area contributed by atoms with Gasteiger partial charge in [0.2, 0.25) is 0 Å². The second-order valence-corrected chi connectivity index (χ2v) is 4.90. The lowest BCUT2D eigenvalue weighted by molar-refractivity contribution is 0.574. The van der Waals surface area contributed by atoms with Crippen LogP contribution in [-0.4, -0.2) is 6.04 Å². The predicted molar refractivity (Wildman–Crippen MR) is 67.9 cm³/mol. The van der Waals surface area contributed by atoms with Crippen molar-refractivity contribution in [1.82, 2.24) is 0 Å². The SMILES string of the molecule is CCCCCCCCC1=CC(N)CCC1. The number of unbranched alkanes of at least 4 members (excludes halogenated alkanes) is 5. The van der Waals surface area contributed by atoms with E-state index in [1.54, 1.807) is 5.57 Å². The standard InChI is InChI=1S/C14H27N/c1-2-3-4-5-6-7-9-13-10-8-11-14(15)12-13/h12,14H,2-11,15H2,1H3. The van der Waals surface area contributed by atoms with Crippen molar-refractivity contribution in [3.63, 3.8) is 0 Å². The van der Waals surface area contributed by atoms with Crippen molar-refractivity contribution in [3.05, 3.63) is 11.6 Å². The van der Waals surface area contributed by atoms with Crippen molar-refractivity contribution in [2.75, 3.05) is 0 Å². The van der Waals surface area contributed by atoms with E-state index in [0.717, 1.165) is 0 Å². The van der Waals surface area contributed by atoms with E-state index in [2.05, 4.69) is 13.0 Å². The quantitative estimate of drug-likeness (QED) is 0.494. The van der Waals surface area contributed by atoms with Crippen LogP contribution in [0, 0.1) is 0 Å². The Morgan fingerprint density at radius 2 is 1.93 bits per heavy atom. The third-order valence-corrected chi connectivity index (χ3v) is 3.34. The molecule has 1 atom stereocenters. The molecule has 1 rings (SSSR count). The van der Waals surface area contributed by atoms with Crippen LogP contribution < -0.4 is 5.73 Å². The first-order valence-corrected chi connectivity index (χ1v) is 6.78. The van der Waals surface area contributed by atoms with Gasteiger partial charge in [-0.15, -0.1) is 0 Å². The van der Waals surface area contributed by atoms with E-state index >= 15 is 0 Å². The van der Waals surface area contributed by atoms with Crippen LogP contribution >= 0.6 is 0 Å². The zero-order valence-corrected chi connectivity index (χ0v) is 10.3. The maximum atomic E-state index is 5.92. The van der Waals surface area contributed by atoms with Crippen molar-refractivity contribution in [2.45, 2.75) is 77.2 Å². The third kappa shape index (κ3) is 5.99. The van der Waals surface area contributed by atoms with Gasteiger partial charge in [0.1, 0.15) is 0 Å². The van der Waals surface area contributed by atoms with Gasteiger partial charge in [-0.25, -0.2) is 0 Å². The van der Waals surface area contributed by atoms with E-state index < -0.39 is 0 Å². The van der Waals surface area contributed by atoms with Gasteiger partial charge in [0, 0.05) is 6.04 Å². The Balaban J connectivity index is 1.99. The predicted octanol–water partition coefficient (Wildman–Crippen LogP) is 4.17. The molecule has 15 heavy (non-hydrogen) atoms. The normalized spacial score (nSPS) is 21.5. The topological polar surface area (TPSA) is 26.0 Å². The number of nitrogens with two attached hydrogens (primary N) is 1. The van der Waals surface area contributed by atoms with Crippen molar-refractivity contribution in [1.29, 1.82) is 0 Å². The van der Waals surface area contributed by atoms with E-state index in [0.29, 0.717) is 6.04 Å². The van der Waals surface area contributed by atoms with E-state index in [-0.39, 0.29) is 0 Å². The van der Waals surface area contributed by atoms with Gasteiger partial charge in [-0.1, -0.05) is 50.7 Å². The second kappa shape index (κ2) is 7.92. The summed E-state index contributed by atoms with van der Waals surface area (Å²) >= 11 is 0. The molecule has 0 spiro atoms. The summed E-state index contributed by atoms with van der Waals surface area (Å²) in [5.41, 5.74) is 7.55. The molecule has 1 nitrogen and oxygen atoms in total. The third-order valence-electron chi connectivity index (χ3n) is 3.34. The lowest BCUT2D eigenvalue weighted by Gasteiger charge is -2.17. The molecule has 1 aliphatic rings. The molecule has 0 radical (unpaired) electrons. The van der Waals surface area contributed by atoms with Crippen LogP contribution in [0.4, 0.5) is 0 Å². The van der Waals surface area contributed by atoms with Crippen molar-refractivity contribution < 1.29 is 0 Å². The summed E-state index contributed by atoms with van der Waals surface area (Å²) in [6, 6.07) is 0.355. The Kier molecular flexibility index (Phi) is 6.74. The molecule has 0 saturated carbocycles. The van der Waals surface area contributed by atoms with Crippen LogP contribution in [0.2, 0.25) is 0 Å². The van der Waals surface area contributed by atoms with E-state index in [1.807, 2.05) is 0 Å². The summed E-state index contributed by atoms with van der Waals surface area (Å²) in [5, 5.41) is 0. The molecule has 0 amide bonds. The molecule has 0 bridgehead atoms. The van der Waals surface area contributed by atoms with Crippen molar-refractivity contribution in [2.24, 2.45) is 5.73 Å². The van der Waals surface area contributed by atoms with Gasteiger partial charge in [0.25, 0.3) is 0 Å². The molecular weight excluding hydrogens is 182 g/mol. The molecule has 0 aromatic carbocycles. The zero-order valence-electron chi connectivity index (χ0n) is 10.3. The molecule has 0 aromatic rings. The highest BCUT2D eigenvalue weighted by atomic mass is 14.6. The lowest BCUT2D eigenvalue weighted by Crippen LogP contribution is -2.20. The summed E-state index contributed by atoms with van der Waals surface area (Å²) in [6.07, 6.45) is 15.8. The largest absolute Gasteiger partial charge is 0.324 e. The molecule has 88 valence electrons. The van der Waals surface area contributed by atoms with Gasteiger partial charge >= 0.3 is 0 Å². The first kappa shape index (κ1) is 12.8. The van der Waals surface area contributed by atoms with E-state index in [4.69, 9.17) is 5.73 Å². The molecule has 0 heterocycles. The summed E-state index contributed by atoms with van der Waals surface area (Å²) < 4.78 is 0. The van der Waals surface area contributed by atoms with Crippen molar-refractivity contribution in [3.8, 4) is 0 Å². The van der Waals surface area contributed by atoms with E-state index in [9.17, 15) is 0 Å². The van der Waals surface area contributed by atoms with Gasteiger partial charge in [-0.2, -0.15) is 0 Å². The fourth-order valence-corrected chi connectivity index (χ4v) is 2.37. The number of hydrogen-bond acceptors (Lipinski definition) is 1. The first-order chi connectivity index (χ1) is 7.33. The monoisotopic (exact) mass is 209 g/mol. The van der Waals surface area contributed by atoms with Crippen LogP contribution in [0.3, 0.4) is 0 Å². The summed E-state index contributed by atoms with van der Waals surface area (Å²) in [5.74, 6) is 0. The lowest BCUT2D eigenvalue weighted by atomic mass is 9.92. The van der Waals surface area contributed by atoms with Crippen LogP contribution in [0.1, 0.15) is 71.1 Å². The second-order valence-electron chi connectivity index (χ2n) is 4.90. The van der Waals surface area contributed by atoms with Crippen LogP contribution in [0.15, 0.2) is 11.6 Å². The molecule has 0 aliphatic heterocycles. The smallest absolute Gasteiger partial charge is 0.0226 e. The summed E-state index contributed by atoms with van der Waals surface area (Å²) in [6.45, 7) is 2.27. The number of rotatable bonds is 7. The van der Waals surface area contributed by atoms with Crippen LogP contribution in [-0.2, 0) is 0 Å². The Labute approximate surface area is 95.1 Å². The highest BCUT2D eigenvalue weighted by Gasteiger charge is 2.08. The summed E-state index contributed by atoms with van der Waals surface area (Å²) in [4.78, 5) is 0. The Hall–Kier alpha value is -0.300. The molecule has 1 aliphatic carbocycles. The van der Waals surface area contributed by atoms with Gasteiger partial charge in [-0.05, 0) is 32.1 Å². The Bertz CT molecular complexity index is 184. The molecule has 0 fully saturated rings. The Morgan fingerprint density at radius 1 is 1.20 bits per heavy atom. The highest BCUT2D eigenvalue weighted by molar-refractivity contribution is 5.09. The zero-order chi connectivity index (χ0) is 10.9. The average molecular weight is 209 g/mol. The van der Waals surface area contributed by atoms with Crippen molar-refractivity contribution >= 4 is 0 Å². The summed E-state index contributed by atoms with van der Waals surface area (Å²) in [7, 11) is 0. The molecule has 1 unspecified atom stereocenters. The molecular formula is C14H27N. The van der Waals surface area contributed by atoms with E-state index in [1.165, 1.54) is 64.2 Å². The van der Waals surface area contributed by atoms with Gasteiger partial charge in [0.05, 0.1) is 0 Å². The fourth-order valence-electron chi connectivity index (χ4n) is 2.37. The van der Waals surface area contributed by atoms with Gasteiger partial charge in [-0.3, -0.25) is 0 Å². The molecule has 2 N–H and O–H groups in total. The molecule has 0 saturated heterocycles. The minimum atomic E-state index is 0.355. The highest BCUT2D eigenvalue weighted by Crippen LogP contribution is 2.22. The first-order valence-electron chi connectivity index (χ1n) is 6.78. The number of allylic oxidation sites excluding steroid dienone is 1. The minimum absolute atomic E-state index is 0.355. The Morgan fingerprint density at radius 3 is 2.67 bits per heavy atom. The molecule has 0 aromatic heterocycles. The maximum absolute atomic E-state index is 5.92. The minimum Gasteiger partial charge on any atom is -0.324 e. The molecule has 1 heteroatoms. The fraction of sp³-hybridized carbons (Fsp3) is 0.857. The average Bonchev–Trinajstić information content (AvgIpc) is 2.23. The maximum Gasteiger partial charge on any atom is 0.0226 e. The van der Waals surface area contributed by atoms with Gasteiger partial charge < -0.3 is 5.73 Å². The van der Waals surface area contributed by atoms with Crippen LogP contribution in [0.5, 0.6) is 0 Å².